The maximum atomic E-state index is 13.0. The van der Waals surface area contributed by atoms with Gasteiger partial charge in [0.05, 0.1) is 11.9 Å². The summed E-state index contributed by atoms with van der Waals surface area (Å²) in [7, 11) is 0. The largest absolute Gasteiger partial charge is 0.431 e. The first-order valence-electron chi connectivity index (χ1n) is 8.96. The van der Waals surface area contributed by atoms with Crippen molar-refractivity contribution in [1.82, 2.24) is 15.6 Å². The Morgan fingerprint density at radius 2 is 2.00 bits per heavy atom. The zero-order valence-corrected chi connectivity index (χ0v) is 15.9. The third-order valence-electron chi connectivity index (χ3n) is 4.62. The summed E-state index contributed by atoms with van der Waals surface area (Å²) in [5.74, 6) is 0.179. The van der Waals surface area contributed by atoms with Gasteiger partial charge >= 0.3 is 6.03 Å². The fourth-order valence-electron chi connectivity index (χ4n) is 3.10. The fourth-order valence-corrected chi connectivity index (χ4v) is 3.70. The summed E-state index contributed by atoms with van der Waals surface area (Å²) >= 11 is 1.09. The minimum absolute atomic E-state index is 0.0109. The van der Waals surface area contributed by atoms with Gasteiger partial charge in [0.15, 0.2) is 5.76 Å². The highest BCUT2D eigenvalue weighted by molar-refractivity contribution is 7.99. The van der Waals surface area contributed by atoms with Crippen LogP contribution >= 0.6 is 11.8 Å². The van der Waals surface area contributed by atoms with Crippen molar-refractivity contribution in [2.75, 3.05) is 5.75 Å². The summed E-state index contributed by atoms with van der Waals surface area (Å²) in [5.41, 5.74) is 0.696. The van der Waals surface area contributed by atoms with Crippen LogP contribution in [0.3, 0.4) is 0 Å². The second-order valence-electron chi connectivity index (χ2n) is 6.68. The van der Waals surface area contributed by atoms with Crippen LogP contribution in [0.5, 0.6) is 0 Å². The molecule has 27 heavy (non-hydrogen) atoms. The molecule has 1 heterocycles. The molecule has 0 spiro atoms. The number of imide groups is 1. The van der Waals surface area contributed by atoms with Gasteiger partial charge in [-0.15, -0.1) is 0 Å². The summed E-state index contributed by atoms with van der Waals surface area (Å²) in [5, 5.41) is 5.53. The Labute approximate surface area is 161 Å². The van der Waals surface area contributed by atoms with Crippen molar-refractivity contribution in [3.05, 3.63) is 36.3 Å². The van der Waals surface area contributed by atoms with Gasteiger partial charge in [-0.1, -0.05) is 31.5 Å². The highest BCUT2D eigenvalue weighted by Crippen LogP contribution is 2.26. The van der Waals surface area contributed by atoms with E-state index < -0.39 is 11.9 Å². The van der Waals surface area contributed by atoms with Crippen molar-refractivity contribution in [3.63, 3.8) is 0 Å². The van der Waals surface area contributed by atoms with E-state index in [1.54, 1.807) is 12.1 Å². The number of nitrogens with one attached hydrogen (secondary N) is 2. The van der Waals surface area contributed by atoms with Crippen LogP contribution in [-0.2, 0) is 4.79 Å². The third kappa shape index (κ3) is 5.56. The summed E-state index contributed by atoms with van der Waals surface area (Å²) in [6.45, 7) is 2.11. The molecule has 144 valence electrons. The molecule has 1 saturated carbocycles. The van der Waals surface area contributed by atoms with Gasteiger partial charge in [-0.3, -0.25) is 10.1 Å². The molecule has 0 radical (unpaired) electrons. The predicted molar refractivity (Wildman–Crippen MR) is 101 cm³/mol. The molecule has 3 rings (SSSR count). The maximum Gasteiger partial charge on any atom is 0.321 e. The van der Waals surface area contributed by atoms with E-state index in [-0.39, 0.29) is 17.6 Å². The van der Waals surface area contributed by atoms with Crippen LogP contribution in [0.4, 0.5) is 9.18 Å². The van der Waals surface area contributed by atoms with Gasteiger partial charge in [0, 0.05) is 11.6 Å². The van der Waals surface area contributed by atoms with Gasteiger partial charge in [0.1, 0.15) is 5.82 Å². The lowest BCUT2D eigenvalue weighted by Crippen LogP contribution is -2.48. The Balaban J connectivity index is 1.45. The van der Waals surface area contributed by atoms with Crippen LogP contribution in [0, 0.1) is 11.7 Å². The summed E-state index contributed by atoms with van der Waals surface area (Å²) in [6, 6.07) is 5.51. The number of nitrogens with zero attached hydrogens (tertiary/aromatic N) is 1. The molecule has 2 atom stereocenters. The number of carbonyl (C=O) groups is 2. The molecular weight excluding hydrogens is 369 g/mol. The first-order chi connectivity index (χ1) is 13.0. The molecule has 1 aromatic heterocycles. The van der Waals surface area contributed by atoms with Crippen LogP contribution in [0.1, 0.15) is 32.6 Å². The normalized spacial score (nSPS) is 19.5. The van der Waals surface area contributed by atoms with E-state index in [0.717, 1.165) is 31.0 Å². The van der Waals surface area contributed by atoms with Gasteiger partial charge in [-0.2, -0.15) is 0 Å². The molecule has 0 bridgehead atoms. The quantitative estimate of drug-likeness (QED) is 0.753. The zero-order chi connectivity index (χ0) is 19.2. The maximum absolute atomic E-state index is 13.0. The molecule has 2 N–H and O–H groups in total. The van der Waals surface area contributed by atoms with Gasteiger partial charge in [-0.05, 0) is 43.0 Å². The van der Waals surface area contributed by atoms with Crippen molar-refractivity contribution < 1.29 is 18.4 Å². The number of hydrogen-bond acceptors (Lipinski definition) is 5. The third-order valence-corrected chi connectivity index (χ3v) is 5.46. The van der Waals surface area contributed by atoms with Crippen LogP contribution in [0.25, 0.3) is 11.3 Å². The molecule has 1 aliphatic rings. The first kappa shape index (κ1) is 19.4. The predicted octanol–water partition coefficient (Wildman–Crippen LogP) is 3.98. The fraction of sp³-hybridized carbons (Fsp3) is 0.421. The molecule has 8 heteroatoms. The van der Waals surface area contributed by atoms with Crippen molar-refractivity contribution >= 4 is 23.7 Å². The number of amides is 3. The number of halogens is 1. The van der Waals surface area contributed by atoms with E-state index in [1.165, 1.54) is 24.8 Å². The Morgan fingerprint density at radius 3 is 2.74 bits per heavy atom. The Morgan fingerprint density at radius 1 is 1.26 bits per heavy atom. The number of urea groups is 1. The number of carbonyl (C=O) groups excluding carboxylic acids is 2. The topological polar surface area (TPSA) is 84.2 Å². The lowest BCUT2D eigenvalue weighted by molar-refractivity contribution is -0.117. The second-order valence-corrected chi connectivity index (χ2v) is 7.60. The van der Waals surface area contributed by atoms with E-state index in [4.69, 9.17) is 4.42 Å². The number of oxazole rings is 1. The van der Waals surface area contributed by atoms with E-state index >= 15 is 0 Å². The molecule has 0 aliphatic heterocycles. The minimum atomic E-state index is -0.459. The molecule has 1 aromatic carbocycles. The van der Waals surface area contributed by atoms with E-state index in [0.29, 0.717) is 22.5 Å². The van der Waals surface area contributed by atoms with E-state index in [2.05, 4.69) is 22.5 Å². The molecule has 1 fully saturated rings. The van der Waals surface area contributed by atoms with Gasteiger partial charge in [0.2, 0.25) is 5.91 Å². The zero-order valence-electron chi connectivity index (χ0n) is 15.0. The van der Waals surface area contributed by atoms with E-state index in [1.807, 2.05) is 0 Å². The molecule has 3 amide bonds. The SMILES string of the molecule is C[C@@H]1CCCC[C@H]1NC(=O)NC(=O)CSc1ncc(-c2ccc(F)cc2)o1. The number of aromatic nitrogens is 1. The number of hydrogen-bond donors (Lipinski definition) is 2. The van der Waals surface area contributed by atoms with Gasteiger partial charge in [0.25, 0.3) is 5.22 Å². The monoisotopic (exact) mass is 391 g/mol. The van der Waals surface area contributed by atoms with Crippen molar-refractivity contribution in [2.45, 2.75) is 43.9 Å². The van der Waals surface area contributed by atoms with Crippen LogP contribution in [0.15, 0.2) is 40.1 Å². The van der Waals surface area contributed by atoms with Crippen LogP contribution in [-0.4, -0.2) is 28.7 Å². The number of rotatable bonds is 5. The Hall–Kier alpha value is -2.35. The van der Waals surface area contributed by atoms with Crippen molar-refractivity contribution in [1.29, 1.82) is 0 Å². The van der Waals surface area contributed by atoms with Crippen molar-refractivity contribution in [3.8, 4) is 11.3 Å². The Kier molecular flexibility index (Phi) is 6.49. The molecule has 0 saturated heterocycles. The number of thioether (sulfide) groups is 1. The van der Waals surface area contributed by atoms with Crippen molar-refractivity contribution in [2.24, 2.45) is 5.92 Å². The smallest absolute Gasteiger partial charge is 0.321 e. The van der Waals surface area contributed by atoms with Crippen LogP contribution in [0.2, 0.25) is 0 Å². The highest BCUT2D eigenvalue weighted by Gasteiger charge is 2.23. The summed E-state index contributed by atoms with van der Waals surface area (Å²) < 4.78 is 18.5. The molecule has 0 unspecified atom stereocenters. The minimum Gasteiger partial charge on any atom is -0.431 e. The molecule has 1 aliphatic carbocycles. The molecule has 6 nitrogen and oxygen atoms in total. The van der Waals surface area contributed by atoms with Gasteiger partial charge < -0.3 is 9.73 Å². The van der Waals surface area contributed by atoms with E-state index in [9.17, 15) is 14.0 Å². The summed E-state index contributed by atoms with van der Waals surface area (Å²) in [4.78, 5) is 28.0. The molecular formula is C19H22FN3O3S. The average Bonchev–Trinajstić information content (AvgIpc) is 3.11. The summed E-state index contributed by atoms with van der Waals surface area (Å²) in [6.07, 6.45) is 5.84. The first-order valence-corrected chi connectivity index (χ1v) is 9.95. The molecule has 2 aromatic rings. The standard InChI is InChI=1S/C19H22FN3O3S/c1-12-4-2-3-5-15(12)22-18(25)23-17(24)11-27-19-21-10-16(26-19)13-6-8-14(20)9-7-13/h6-10,12,15H,2-5,11H2,1H3,(H2,22,23,24,25)/t12-,15-/m1/s1. The Bertz CT molecular complexity index is 794. The van der Waals surface area contributed by atoms with Crippen LogP contribution < -0.4 is 10.6 Å². The lowest BCUT2D eigenvalue weighted by atomic mass is 9.86. The average molecular weight is 391 g/mol. The van der Waals surface area contributed by atoms with Gasteiger partial charge in [-0.25, -0.2) is 14.2 Å². The highest BCUT2D eigenvalue weighted by atomic mass is 32.2. The number of benzene rings is 1. The lowest BCUT2D eigenvalue weighted by Gasteiger charge is -2.29. The second kappa shape index (κ2) is 9.03.